The smallest absolute Gasteiger partial charge is 0.0622 e. The molecule has 0 spiro atoms. The predicted molar refractivity (Wildman–Crippen MR) is 70.9 cm³/mol. The van der Waals surface area contributed by atoms with Crippen LogP contribution in [0.15, 0.2) is 11.4 Å². The van der Waals surface area contributed by atoms with Crippen molar-refractivity contribution in [1.29, 1.82) is 0 Å². The van der Waals surface area contributed by atoms with Crippen LogP contribution < -0.4 is 5.73 Å². The van der Waals surface area contributed by atoms with Crippen LogP contribution in [-0.4, -0.2) is 37.7 Å². The van der Waals surface area contributed by atoms with Crippen LogP contribution in [0.1, 0.15) is 16.9 Å². The van der Waals surface area contributed by atoms with Crippen molar-refractivity contribution in [3.05, 3.63) is 21.9 Å². The summed E-state index contributed by atoms with van der Waals surface area (Å²) in [6.07, 6.45) is 1.13. The molecule has 0 bridgehead atoms. The van der Waals surface area contributed by atoms with Gasteiger partial charge in [0.1, 0.15) is 0 Å². The Balaban J connectivity index is 2.00. The fraction of sp³-hybridized carbons (Fsp3) is 0.538. The highest BCUT2D eigenvalue weighted by atomic mass is 32.1. The van der Waals surface area contributed by atoms with E-state index in [1.165, 1.54) is 4.88 Å². The van der Waals surface area contributed by atoms with Gasteiger partial charge in [-0.2, -0.15) is 0 Å². The summed E-state index contributed by atoms with van der Waals surface area (Å²) in [5, 5.41) is 2.09. The second-order valence-corrected chi connectivity index (χ2v) is 5.20. The van der Waals surface area contributed by atoms with E-state index in [2.05, 4.69) is 35.2 Å². The second-order valence-electron chi connectivity index (χ2n) is 4.20. The molecule has 2 heterocycles. The van der Waals surface area contributed by atoms with Crippen LogP contribution in [-0.2, 0) is 11.3 Å². The molecule has 1 aliphatic heterocycles. The lowest BCUT2D eigenvalue weighted by Crippen LogP contribution is -2.31. The van der Waals surface area contributed by atoms with Crippen LogP contribution in [0.3, 0.4) is 0 Å². The average molecular weight is 250 g/mol. The summed E-state index contributed by atoms with van der Waals surface area (Å²) in [5.41, 5.74) is 6.52. The van der Waals surface area contributed by atoms with Crippen molar-refractivity contribution in [2.45, 2.75) is 19.0 Å². The van der Waals surface area contributed by atoms with E-state index in [9.17, 15) is 0 Å². The van der Waals surface area contributed by atoms with E-state index in [4.69, 9.17) is 10.5 Å². The molecule has 1 aliphatic rings. The topological polar surface area (TPSA) is 38.5 Å². The summed E-state index contributed by atoms with van der Waals surface area (Å²) < 4.78 is 5.41. The van der Waals surface area contributed by atoms with E-state index < -0.39 is 0 Å². The van der Waals surface area contributed by atoms with Crippen LogP contribution in [0.5, 0.6) is 0 Å². The van der Waals surface area contributed by atoms with E-state index in [0.29, 0.717) is 12.6 Å². The van der Waals surface area contributed by atoms with E-state index >= 15 is 0 Å². The number of rotatable bonds is 3. The van der Waals surface area contributed by atoms with Gasteiger partial charge in [0.15, 0.2) is 0 Å². The lowest BCUT2D eigenvalue weighted by atomic mass is 10.2. The van der Waals surface area contributed by atoms with Crippen molar-refractivity contribution >= 4 is 11.3 Å². The fourth-order valence-electron chi connectivity index (χ4n) is 1.95. The highest BCUT2D eigenvalue weighted by molar-refractivity contribution is 7.10. The number of hydrogen-bond donors (Lipinski definition) is 1. The van der Waals surface area contributed by atoms with Crippen molar-refractivity contribution in [1.82, 2.24) is 4.90 Å². The molecule has 2 N–H and O–H groups in total. The summed E-state index contributed by atoms with van der Waals surface area (Å²) in [5.74, 6) is 6.04. The van der Waals surface area contributed by atoms with Gasteiger partial charge in [-0.25, -0.2) is 0 Å². The van der Waals surface area contributed by atoms with Gasteiger partial charge in [0.25, 0.3) is 0 Å². The molecule has 1 aromatic rings. The maximum atomic E-state index is 5.41. The van der Waals surface area contributed by atoms with Gasteiger partial charge in [-0.3, -0.25) is 4.90 Å². The minimum atomic E-state index is 0.418. The van der Waals surface area contributed by atoms with E-state index in [-0.39, 0.29) is 0 Å². The largest absolute Gasteiger partial charge is 0.380 e. The van der Waals surface area contributed by atoms with Crippen LogP contribution in [0, 0.1) is 11.8 Å². The second kappa shape index (κ2) is 6.18. The Labute approximate surface area is 107 Å². The summed E-state index contributed by atoms with van der Waals surface area (Å²) in [6.45, 7) is 3.10. The first-order valence-corrected chi connectivity index (χ1v) is 6.72. The molecule has 92 valence electrons. The molecule has 0 saturated carbocycles. The minimum Gasteiger partial charge on any atom is -0.380 e. The quantitative estimate of drug-likeness (QED) is 0.821. The zero-order chi connectivity index (χ0) is 12.1. The molecular formula is C13H18N2OS. The highest BCUT2D eigenvalue weighted by Crippen LogP contribution is 2.20. The van der Waals surface area contributed by atoms with E-state index in [0.717, 1.165) is 31.7 Å². The van der Waals surface area contributed by atoms with E-state index in [1.54, 1.807) is 11.3 Å². The molecule has 1 fully saturated rings. The van der Waals surface area contributed by atoms with E-state index in [1.807, 2.05) is 0 Å². The standard InChI is InChI=1S/C13H18N2OS/c1-15(12-4-7-16-10-12)9-13-11(3-2-6-14)5-8-17-13/h5,8,12H,4,6-7,9-10,14H2,1H3. The Morgan fingerprint density at radius 1 is 1.65 bits per heavy atom. The SMILES string of the molecule is CN(Cc1sccc1C#CCN)C1CCOC1. The maximum Gasteiger partial charge on any atom is 0.0622 e. The van der Waals surface area contributed by atoms with Crippen LogP contribution in [0.25, 0.3) is 0 Å². The molecule has 1 unspecified atom stereocenters. The van der Waals surface area contributed by atoms with Gasteiger partial charge in [-0.15, -0.1) is 11.3 Å². The molecular weight excluding hydrogens is 232 g/mol. The summed E-state index contributed by atoms with van der Waals surface area (Å²) in [6, 6.07) is 2.62. The third-order valence-electron chi connectivity index (χ3n) is 2.99. The molecule has 0 amide bonds. The van der Waals surface area contributed by atoms with Crippen molar-refractivity contribution < 1.29 is 4.74 Å². The van der Waals surface area contributed by atoms with Crippen molar-refractivity contribution in [3.63, 3.8) is 0 Å². The first-order valence-electron chi connectivity index (χ1n) is 5.84. The van der Waals surface area contributed by atoms with Crippen LogP contribution >= 0.6 is 11.3 Å². The predicted octanol–water partition coefficient (Wildman–Crippen LogP) is 1.28. The van der Waals surface area contributed by atoms with Gasteiger partial charge in [0.2, 0.25) is 0 Å². The van der Waals surface area contributed by atoms with Gasteiger partial charge in [0.05, 0.1) is 13.2 Å². The molecule has 0 radical (unpaired) electrons. The number of hydrogen-bond acceptors (Lipinski definition) is 4. The van der Waals surface area contributed by atoms with Crippen LogP contribution in [0.4, 0.5) is 0 Å². The molecule has 1 aromatic heterocycles. The Kier molecular flexibility index (Phi) is 4.57. The average Bonchev–Trinajstić information content (AvgIpc) is 2.97. The Morgan fingerprint density at radius 3 is 3.24 bits per heavy atom. The van der Waals surface area contributed by atoms with Gasteiger partial charge in [-0.1, -0.05) is 11.8 Å². The molecule has 2 rings (SSSR count). The van der Waals surface area contributed by atoms with Gasteiger partial charge in [0, 0.05) is 29.6 Å². The van der Waals surface area contributed by atoms with Crippen molar-refractivity contribution in [2.75, 3.05) is 26.8 Å². The molecule has 0 aliphatic carbocycles. The first kappa shape index (κ1) is 12.6. The minimum absolute atomic E-state index is 0.418. The maximum absolute atomic E-state index is 5.41. The first-order chi connectivity index (χ1) is 8.31. The normalized spacial score (nSPS) is 19.4. The molecule has 3 nitrogen and oxygen atoms in total. The summed E-state index contributed by atoms with van der Waals surface area (Å²) in [7, 11) is 2.15. The third kappa shape index (κ3) is 3.30. The van der Waals surface area contributed by atoms with Gasteiger partial charge >= 0.3 is 0 Å². The van der Waals surface area contributed by atoms with Crippen LogP contribution in [0.2, 0.25) is 0 Å². The molecule has 17 heavy (non-hydrogen) atoms. The molecule has 1 saturated heterocycles. The Hall–Kier alpha value is -0.860. The summed E-state index contributed by atoms with van der Waals surface area (Å²) >= 11 is 1.76. The number of likely N-dealkylation sites (N-methyl/N-ethyl adjacent to an activating group) is 1. The van der Waals surface area contributed by atoms with Crippen molar-refractivity contribution in [2.24, 2.45) is 5.73 Å². The van der Waals surface area contributed by atoms with Crippen molar-refractivity contribution in [3.8, 4) is 11.8 Å². The van der Waals surface area contributed by atoms with Gasteiger partial charge < -0.3 is 10.5 Å². The number of thiophene rings is 1. The number of ether oxygens (including phenoxy) is 1. The van der Waals surface area contributed by atoms with Gasteiger partial charge in [-0.05, 0) is 24.9 Å². The zero-order valence-corrected chi connectivity index (χ0v) is 10.9. The zero-order valence-electron chi connectivity index (χ0n) is 10.1. The fourth-order valence-corrected chi connectivity index (χ4v) is 2.84. The molecule has 0 aromatic carbocycles. The lowest BCUT2D eigenvalue weighted by Gasteiger charge is -2.22. The lowest BCUT2D eigenvalue weighted by molar-refractivity contribution is 0.157. The highest BCUT2D eigenvalue weighted by Gasteiger charge is 2.20. The summed E-state index contributed by atoms with van der Waals surface area (Å²) in [4.78, 5) is 3.67. The molecule has 1 atom stereocenters. The monoisotopic (exact) mass is 250 g/mol. The Bertz CT molecular complexity index is 413. The number of nitrogens with zero attached hydrogens (tertiary/aromatic N) is 1. The Morgan fingerprint density at radius 2 is 2.53 bits per heavy atom. The molecule has 4 heteroatoms. The third-order valence-corrected chi connectivity index (χ3v) is 3.90. The number of nitrogens with two attached hydrogens (primary N) is 1.